The van der Waals surface area contributed by atoms with Gasteiger partial charge in [-0.05, 0) is 52.2 Å². The van der Waals surface area contributed by atoms with Gasteiger partial charge in [0.15, 0.2) is 5.75 Å². The summed E-state index contributed by atoms with van der Waals surface area (Å²) in [7, 11) is 0. The molecule has 0 spiro atoms. The van der Waals surface area contributed by atoms with Crippen LogP contribution in [0.15, 0.2) is 114 Å². The molecule has 3 nitrogen and oxygen atoms in total. The summed E-state index contributed by atoms with van der Waals surface area (Å²) in [5.74, 6) is 0.671. The van der Waals surface area contributed by atoms with E-state index in [4.69, 9.17) is 4.74 Å². The van der Waals surface area contributed by atoms with Gasteiger partial charge in [-0.25, -0.2) is 0 Å². The summed E-state index contributed by atoms with van der Waals surface area (Å²) in [5, 5.41) is 12.1. The second-order valence-electron chi connectivity index (χ2n) is 8.53. The highest BCUT2D eigenvalue weighted by atomic mass is 19.4. The van der Waals surface area contributed by atoms with Gasteiger partial charge in [-0.2, -0.15) is 13.2 Å². The van der Waals surface area contributed by atoms with E-state index in [-0.39, 0.29) is 17.2 Å². The van der Waals surface area contributed by atoms with Crippen LogP contribution in [0.25, 0.3) is 10.8 Å². The number of alkyl halides is 3. The van der Waals surface area contributed by atoms with Gasteiger partial charge in [0.1, 0.15) is 17.2 Å². The molecule has 5 rings (SSSR count). The molecule has 184 valence electrons. The van der Waals surface area contributed by atoms with E-state index >= 15 is 0 Å². The summed E-state index contributed by atoms with van der Waals surface area (Å²) in [6, 6.07) is 31.1. The third-order valence-corrected chi connectivity index (χ3v) is 6.00. The molecule has 0 saturated carbocycles. The lowest BCUT2D eigenvalue weighted by molar-refractivity contribution is -0.137. The minimum atomic E-state index is -4.55. The van der Waals surface area contributed by atoms with E-state index in [0.717, 1.165) is 34.0 Å². The zero-order valence-electron chi connectivity index (χ0n) is 19.6. The molecule has 0 aliphatic carbocycles. The van der Waals surface area contributed by atoms with Gasteiger partial charge in [0.2, 0.25) is 0 Å². The monoisotopic (exact) mass is 497 g/mol. The van der Waals surface area contributed by atoms with Crippen LogP contribution in [0.4, 0.5) is 18.9 Å². The summed E-state index contributed by atoms with van der Waals surface area (Å²) in [6.45, 7) is 0. The second-order valence-corrected chi connectivity index (χ2v) is 8.53. The number of aliphatic imine (C=N–C) groups is 1. The number of hydrogen-bond donors (Lipinski definition) is 1. The zero-order valence-corrected chi connectivity index (χ0v) is 19.6. The first-order valence-corrected chi connectivity index (χ1v) is 11.6. The lowest BCUT2D eigenvalue weighted by Gasteiger charge is -2.15. The Kier molecular flexibility index (Phi) is 6.64. The number of phenolic OH excluding ortho intramolecular Hbond substituents is 1. The van der Waals surface area contributed by atoms with Crippen LogP contribution in [0, 0.1) is 0 Å². The van der Waals surface area contributed by atoms with Gasteiger partial charge in [0, 0.05) is 18.2 Å². The highest BCUT2D eigenvalue weighted by molar-refractivity contribution is 6.03. The van der Waals surface area contributed by atoms with Crippen LogP contribution in [0.3, 0.4) is 0 Å². The quantitative estimate of drug-likeness (QED) is 0.238. The van der Waals surface area contributed by atoms with Crippen molar-refractivity contribution in [1.29, 1.82) is 0 Å². The Bertz CT molecular complexity index is 1580. The first-order chi connectivity index (χ1) is 17.9. The fraction of sp³-hybridized carbons (Fsp3) is 0.0645. The molecule has 0 aliphatic heterocycles. The van der Waals surface area contributed by atoms with Gasteiger partial charge in [-0.15, -0.1) is 0 Å². The van der Waals surface area contributed by atoms with Gasteiger partial charge in [0.05, 0.1) is 5.56 Å². The van der Waals surface area contributed by atoms with Crippen molar-refractivity contribution < 1.29 is 23.0 Å². The van der Waals surface area contributed by atoms with E-state index in [2.05, 4.69) is 4.99 Å². The average molecular weight is 498 g/mol. The first-order valence-electron chi connectivity index (χ1n) is 11.6. The normalized spacial score (nSPS) is 11.8. The number of para-hydroxylation sites is 1. The summed E-state index contributed by atoms with van der Waals surface area (Å²) in [4.78, 5) is 4.36. The number of halogens is 3. The summed E-state index contributed by atoms with van der Waals surface area (Å²) in [6.07, 6.45) is -2.58. The molecule has 0 radical (unpaired) electrons. The molecule has 0 atom stereocenters. The predicted molar refractivity (Wildman–Crippen MR) is 140 cm³/mol. The molecule has 0 heterocycles. The molecule has 0 saturated heterocycles. The molecule has 5 aromatic rings. The van der Waals surface area contributed by atoms with Crippen molar-refractivity contribution in [2.75, 3.05) is 0 Å². The third-order valence-electron chi connectivity index (χ3n) is 6.00. The maximum Gasteiger partial charge on any atom is 0.416 e. The largest absolute Gasteiger partial charge is 0.507 e. The van der Waals surface area contributed by atoms with Gasteiger partial charge >= 0.3 is 6.18 Å². The van der Waals surface area contributed by atoms with Crippen LogP contribution < -0.4 is 4.74 Å². The van der Waals surface area contributed by atoms with Crippen LogP contribution in [-0.2, 0) is 12.6 Å². The summed E-state index contributed by atoms with van der Waals surface area (Å²) in [5.41, 5.74) is 1.53. The summed E-state index contributed by atoms with van der Waals surface area (Å²) >= 11 is 0. The van der Waals surface area contributed by atoms with Crippen molar-refractivity contribution in [3.63, 3.8) is 0 Å². The SMILES string of the molecule is Oc1ccc2ccccc2c1C=Nc1cc(C(F)(F)F)ccc1Oc1ccccc1Cc1ccccc1. The smallest absolute Gasteiger partial charge is 0.416 e. The molecule has 0 amide bonds. The van der Waals surface area contributed by atoms with Crippen LogP contribution in [-0.4, -0.2) is 11.3 Å². The molecule has 5 aromatic carbocycles. The number of hydrogen-bond acceptors (Lipinski definition) is 3. The van der Waals surface area contributed by atoms with E-state index in [1.54, 1.807) is 12.1 Å². The Labute approximate surface area is 212 Å². The maximum atomic E-state index is 13.5. The molecule has 37 heavy (non-hydrogen) atoms. The fourth-order valence-corrected chi connectivity index (χ4v) is 4.12. The van der Waals surface area contributed by atoms with Crippen molar-refractivity contribution in [1.82, 2.24) is 0 Å². The Morgan fingerprint density at radius 2 is 1.49 bits per heavy atom. The number of aromatic hydroxyl groups is 1. The van der Waals surface area contributed by atoms with E-state index in [9.17, 15) is 18.3 Å². The highest BCUT2D eigenvalue weighted by Gasteiger charge is 2.31. The Hall–Kier alpha value is -4.58. The number of fused-ring (bicyclic) bond motifs is 1. The van der Waals surface area contributed by atoms with Crippen molar-refractivity contribution in [3.8, 4) is 17.2 Å². The van der Waals surface area contributed by atoms with E-state index in [1.807, 2.05) is 72.8 Å². The molecule has 0 fully saturated rings. The van der Waals surface area contributed by atoms with Crippen LogP contribution in [0.5, 0.6) is 17.2 Å². The van der Waals surface area contributed by atoms with Crippen molar-refractivity contribution in [3.05, 3.63) is 131 Å². The molecule has 0 aromatic heterocycles. The van der Waals surface area contributed by atoms with Crippen LogP contribution in [0.1, 0.15) is 22.3 Å². The minimum absolute atomic E-state index is 0.00308. The Balaban J connectivity index is 1.55. The fourth-order valence-electron chi connectivity index (χ4n) is 4.12. The number of ether oxygens (including phenoxy) is 1. The minimum Gasteiger partial charge on any atom is -0.507 e. The molecular formula is C31H22F3NO2. The van der Waals surface area contributed by atoms with Crippen molar-refractivity contribution >= 4 is 22.7 Å². The van der Waals surface area contributed by atoms with Crippen molar-refractivity contribution in [2.45, 2.75) is 12.6 Å². The predicted octanol–water partition coefficient (Wildman–Crippen LogP) is 8.70. The lowest BCUT2D eigenvalue weighted by atomic mass is 10.0. The summed E-state index contributed by atoms with van der Waals surface area (Å²) < 4.78 is 46.8. The van der Waals surface area contributed by atoms with Gasteiger partial charge < -0.3 is 9.84 Å². The Morgan fingerprint density at radius 1 is 0.757 bits per heavy atom. The molecule has 0 bridgehead atoms. The van der Waals surface area contributed by atoms with Crippen molar-refractivity contribution in [2.24, 2.45) is 4.99 Å². The Morgan fingerprint density at radius 3 is 2.30 bits per heavy atom. The topological polar surface area (TPSA) is 41.8 Å². The van der Waals surface area contributed by atoms with Crippen LogP contribution in [0.2, 0.25) is 0 Å². The number of phenols is 1. The third kappa shape index (κ3) is 5.48. The molecule has 6 heteroatoms. The molecule has 0 unspecified atom stereocenters. The van der Waals surface area contributed by atoms with Crippen LogP contribution >= 0.6 is 0 Å². The number of benzene rings is 5. The molecular weight excluding hydrogens is 475 g/mol. The highest BCUT2D eigenvalue weighted by Crippen LogP contribution is 2.39. The number of nitrogens with zero attached hydrogens (tertiary/aromatic N) is 1. The standard InChI is InChI=1S/C31H22F3NO2/c32-31(33,34)24-15-17-30(37-29-13-7-5-11-23(29)18-21-8-2-1-3-9-21)27(19-24)35-20-26-25-12-6-4-10-22(25)14-16-28(26)36/h1-17,19-20,36H,18H2. The average Bonchev–Trinajstić information content (AvgIpc) is 2.90. The van der Waals surface area contributed by atoms with E-state index in [1.165, 1.54) is 18.3 Å². The zero-order chi connectivity index (χ0) is 25.8. The van der Waals surface area contributed by atoms with Gasteiger partial charge in [-0.3, -0.25) is 4.99 Å². The molecule has 0 aliphatic rings. The lowest BCUT2D eigenvalue weighted by Crippen LogP contribution is -2.04. The second kappa shape index (κ2) is 10.2. The molecule has 1 N–H and O–H groups in total. The first kappa shape index (κ1) is 24.1. The van der Waals surface area contributed by atoms with E-state index in [0.29, 0.717) is 17.7 Å². The van der Waals surface area contributed by atoms with Gasteiger partial charge in [-0.1, -0.05) is 78.9 Å². The maximum absolute atomic E-state index is 13.5. The number of rotatable bonds is 6. The van der Waals surface area contributed by atoms with E-state index < -0.39 is 11.7 Å². The van der Waals surface area contributed by atoms with Gasteiger partial charge in [0.25, 0.3) is 0 Å².